The summed E-state index contributed by atoms with van der Waals surface area (Å²) in [5.74, 6) is 1.50. The zero-order chi connectivity index (χ0) is 57.8. The van der Waals surface area contributed by atoms with Crippen LogP contribution in [-0.2, 0) is 31.2 Å². The minimum Gasteiger partial charge on any atom is -0.481 e. The molecule has 12 aromatic rings. The predicted molar refractivity (Wildman–Crippen MR) is 340 cm³/mol. The van der Waals surface area contributed by atoms with Crippen molar-refractivity contribution in [3.63, 3.8) is 0 Å². The molecule has 2 unspecified atom stereocenters. The van der Waals surface area contributed by atoms with Gasteiger partial charge in [0.25, 0.3) is 0 Å². The Morgan fingerprint density at radius 1 is 0.393 bits per heavy atom. The summed E-state index contributed by atoms with van der Waals surface area (Å²) in [6.45, 7) is 5.65. The monoisotopic (exact) mass is 1180 g/mol. The number of carbonyl (C=O) groups is 3. The van der Waals surface area contributed by atoms with Crippen LogP contribution in [0.2, 0.25) is 0 Å². The highest BCUT2D eigenvalue weighted by atomic mass is 32.1. The van der Waals surface area contributed by atoms with Gasteiger partial charge in [-0.1, -0.05) is 176 Å². The fourth-order valence-corrected chi connectivity index (χ4v) is 14.4. The van der Waals surface area contributed by atoms with Crippen molar-refractivity contribution in [3.05, 3.63) is 266 Å². The van der Waals surface area contributed by atoms with Gasteiger partial charge in [-0.3, -0.25) is 14.4 Å². The molecule has 0 radical (unpaired) electrons. The normalized spacial score (nSPS) is 20.6. The summed E-state index contributed by atoms with van der Waals surface area (Å²) in [6.07, 6.45) is 1.81. The zero-order valence-electron chi connectivity index (χ0n) is 45.5. The number of thiophene rings is 4. The molecule has 6 atom stereocenters. The molecule has 418 valence electrons. The van der Waals surface area contributed by atoms with Crippen LogP contribution in [0.5, 0.6) is 23.0 Å². The van der Waals surface area contributed by atoms with Gasteiger partial charge in [-0.05, 0) is 98.5 Å². The number of carboxylic acid groups (broad SMARTS) is 2. The van der Waals surface area contributed by atoms with Gasteiger partial charge in [0.15, 0.2) is 16.8 Å². The first-order valence-corrected chi connectivity index (χ1v) is 30.9. The lowest BCUT2D eigenvalue weighted by Gasteiger charge is -2.19. The molecular weight excluding hydrogens is 1130 g/mol. The third-order valence-electron chi connectivity index (χ3n) is 15.5. The summed E-state index contributed by atoms with van der Waals surface area (Å²) in [6, 6.07) is 72.1. The molecule has 0 spiro atoms. The second-order valence-corrected chi connectivity index (χ2v) is 24.7. The topological polar surface area (TPSA) is 129 Å². The number of carboxylic acids is 2. The van der Waals surface area contributed by atoms with E-state index in [1.54, 1.807) is 52.3 Å². The zero-order valence-corrected chi connectivity index (χ0v) is 48.8. The second kappa shape index (κ2) is 23.8. The number of Topliss-reactive ketones (excluding diaryl/α,β-unsaturated/α-hetero) is 1. The largest absolute Gasteiger partial charge is 0.481 e. The smallest absolute Gasteiger partial charge is 0.311 e. The highest BCUT2D eigenvalue weighted by Crippen LogP contribution is 2.59. The fourth-order valence-electron chi connectivity index (χ4n) is 11.0. The third-order valence-corrected chi connectivity index (χ3v) is 19.5. The van der Waals surface area contributed by atoms with E-state index in [1.165, 1.54) is 5.39 Å². The summed E-state index contributed by atoms with van der Waals surface area (Å²) in [7, 11) is 0. The maximum atomic E-state index is 11.9. The van der Waals surface area contributed by atoms with Crippen molar-refractivity contribution in [2.45, 2.75) is 43.0 Å². The van der Waals surface area contributed by atoms with Crippen molar-refractivity contribution >= 4 is 112 Å². The minimum atomic E-state index is -0.798. The number of rotatable bonds is 15. The predicted octanol–water partition coefficient (Wildman–Crippen LogP) is 18.3. The average Bonchev–Trinajstić information content (AvgIpc) is 1.91. The summed E-state index contributed by atoms with van der Waals surface area (Å²) < 4.78 is 24.9. The van der Waals surface area contributed by atoms with Crippen molar-refractivity contribution in [1.82, 2.24) is 0 Å². The second-order valence-electron chi connectivity index (χ2n) is 20.9. The Kier molecular flexibility index (Phi) is 15.8. The molecular formula is C71H56O9S4. The van der Waals surface area contributed by atoms with Crippen LogP contribution in [0, 0.1) is 17.8 Å². The Bertz CT molecular complexity index is 3950. The molecule has 3 aliphatic rings. The van der Waals surface area contributed by atoms with Gasteiger partial charge in [0.2, 0.25) is 0 Å². The summed E-state index contributed by atoms with van der Waals surface area (Å²) >= 11 is 6.39. The van der Waals surface area contributed by atoms with E-state index in [2.05, 4.69) is 49.0 Å². The van der Waals surface area contributed by atoms with Crippen LogP contribution in [0.25, 0.3) is 48.8 Å². The minimum absolute atomic E-state index is 0.0369. The summed E-state index contributed by atoms with van der Waals surface area (Å²) in [5, 5.41) is 35.5. The van der Waals surface area contributed by atoms with Crippen LogP contribution in [0.3, 0.4) is 0 Å². The number of aliphatic carboxylic acids is 2. The third kappa shape index (κ3) is 11.4. The van der Waals surface area contributed by atoms with Crippen LogP contribution in [0.1, 0.15) is 45.7 Å². The number of benzene rings is 8. The Balaban J connectivity index is 0.000000111. The molecule has 3 aliphatic carbocycles. The van der Waals surface area contributed by atoms with Crippen molar-refractivity contribution in [1.29, 1.82) is 0 Å². The average molecular weight is 1180 g/mol. The van der Waals surface area contributed by atoms with Gasteiger partial charge in [0.05, 0.1) is 10.8 Å². The Morgan fingerprint density at radius 2 is 0.702 bits per heavy atom. The molecule has 3 saturated carbocycles. The summed E-state index contributed by atoms with van der Waals surface area (Å²) in [5.41, 5.74) is -1.90. The quantitative estimate of drug-likeness (QED) is 0.0964. The van der Waals surface area contributed by atoms with E-state index in [4.69, 9.17) is 18.9 Å². The maximum absolute atomic E-state index is 11.9. The van der Waals surface area contributed by atoms with E-state index >= 15 is 0 Å². The van der Waals surface area contributed by atoms with E-state index in [9.17, 15) is 24.6 Å². The number of hydrogen-bond donors (Lipinski definition) is 2. The number of ether oxygens (including phenoxy) is 4. The fraction of sp³-hybridized carbons (Fsp3) is 0.141. The SMILES string of the molecule is C=C(Oc1cccc2ccccc12)c1cccs1.CC(=O)C1CC1(Oc1cccc2ccccc12)c1cccs1.O=C(O)[C@@H]1C[C@]1(Oc1cccc2ccccc12)c1cccs1.O=C(O)[C@H]1C[C@]1(Oc1cccc2ccccc12)c1cccs1. The lowest BCUT2D eigenvalue weighted by atomic mass is 10.1. The van der Waals surface area contributed by atoms with Crippen molar-refractivity contribution < 1.29 is 43.5 Å². The van der Waals surface area contributed by atoms with Crippen LogP contribution in [-0.4, -0.2) is 27.9 Å². The molecule has 4 heterocycles. The van der Waals surface area contributed by atoms with Crippen LogP contribution < -0.4 is 18.9 Å². The lowest BCUT2D eigenvalue weighted by Crippen LogP contribution is -2.21. The Morgan fingerprint density at radius 3 is 1.01 bits per heavy atom. The molecule has 0 saturated heterocycles. The van der Waals surface area contributed by atoms with Crippen LogP contribution in [0.4, 0.5) is 0 Å². The van der Waals surface area contributed by atoms with Gasteiger partial charge >= 0.3 is 11.9 Å². The van der Waals surface area contributed by atoms with E-state index in [-0.39, 0.29) is 11.7 Å². The van der Waals surface area contributed by atoms with Crippen molar-refractivity contribution in [2.75, 3.05) is 0 Å². The van der Waals surface area contributed by atoms with E-state index < -0.39 is 40.6 Å². The molecule has 8 aromatic carbocycles. The first-order valence-electron chi connectivity index (χ1n) is 27.4. The number of fused-ring (bicyclic) bond motifs is 4. The highest BCUT2D eigenvalue weighted by Gasteiger charge is 2.65. The van der Waals surface area contributed by atoms with Gasteiger partial charge in [-0.15, -0.1) is 45.3 Å². The van der Waals surface area contributed by atoms with Gasteiger partial charge in [-0.25, -0.2) is 0 Å². The molecule has 0 amide bonds. The molecule has 2 N–H and O–H groups in total. The first-order chi connectivity index (χ1) is 41.0. The Hall–Kier alpha value is -8.85. The van der Waals surface area contributed by atoms with Gasteiger partial charge in [0.1, 0.15) is 46.4 Å². The highest BCUT2D eigenvalue weighted by molar-refractivity contribution is 7.11. The Labute approximate surface area is 501 Å². The molecule has 0 bridgehead atoms. The van der Waals surface area contributed by atoms with Gasteiger partial charge < -0.3 is 29.2 Å². The number of ketones is 1. The molecule has 9 nitrogen and oxygen atoms in total. The number of carbonyl (C=O) groups excluding carboxylic acids is 1. The molecule has 0 aliphatic heterocycles. The molecule has 4 aromatic heterocycles. The van der Waals surface area contributed by atoms with E-state index in [0.717, 1.165) is 86.6 Å². The van der Waals surface area contributed by atoms with Crippen molar-refractivity contribution in [3.8, 4) is 23.0 Å². The van der Waals surface area contributed by atoms with Crippen LogP contribution >= 0.6 is 45.3 Å². The standard InChI is InChI=1S/C19H16O2S.2C18H14O3S.C16H12OS/c1-13(20)16-12-19(16,18-10-5-11-22-18)21-17-9-4-7-14-6-2-3-8-15(14)17;2*19-17(20)14-11-18(14,16-9-4-10-22-16)21-15-8-3-6-12-5-1-2-7-13(12)15;1-12(16-10-5-11-18-16)17-15-9-4-7-13-6-2-3-8-14(13)15/h2-11,16H,12H2,1H3;2*1-10,14H,11H2,(H,19,20);2-11H,1H2/t;14-,18+;14-,18-;/m.01./s1. The van der Waals surface area contributed by atoms with Gasteiger partial charge in [-0.2, -0.15) is 0 Å². The molecule has 13 heteroatoms. The van der Waals surface area contributed by atoms with Crippen molar-refractivity contribution in [2.24, 2.45) is 17.8 Å². The molecule has 15 rings (SSSR count). The molecule has 84 heavy (non-hydrogen) atoms. The molecule has 3 fully saturated rings. The first kappa shape index (κ1) is 55.7. The van der Waals surface area contributed by atoms with E-state index in [0.29, 0.717) is 18.6 Å². The van der Waals surface area contributed by atoms with Crippen LogP contribution in [0.15, 0.2) is 246 Å². The van der Waals surface area contributed by atoms with Gasteiger partial charge in [0, 0.05) is 55.4 Å². The van der Waals surface area contributed by atoms with E-state index in [1.807, 2.05) is 197 Å². The summed E-state index contributed by atoms with van der Waals surface area (Å²) in [4.78, 5) is 39.0. The lowest BCUT2D eigenvalue weighted by molar-refractivity contribution is -0.141. The maximum Gasteiger partial charge on any atom is 0.311 e. The number of hydrogen-bond acceptors (Lipinski definition) is 11.